The van der Waals surface area contributed by atoms with Gasteiger partial charge in [0.2, 0.25) is 0 Å². The largest absolute Gasteiger partial charge is 0.416 e. The van der Waals surface area contributed by atoms with E-state index in [4.69, 9.17) is 11.6 Å². The van der Waals surface area contributed by atoms with Crippen molar-refractivity contribution < 1.29 is 13.2 Å². The number of alkyl halides is 4. The van der Waals surface area contributed by atoms with Gasteiger partial charge in [-0.15, -0.1) is 0 Å². The minimum Gasteiger partial charge on any atom is -0.166 e. The highest BCUT2D eigenvalue weighted by Gasteiger charge is 2.31. The summed E-state index contributed by atoms with van der Waals surface area (Å²) >= 11 is 9.68. The Morgan fingerprint density at radius 3 is 2.29 bits per heavy atom. The molecule has 112 valence electrons. The minimum atomic E-state index is -4.35. The van der Waals surface area contributed by atoms with E-state index in [1.165, 1.54) is 6.07 Å². The van der Waals surface area contributed by atoms with E-state index in [9.17, 15) is 13.2 Å². The van der Waals surface area contributed by atoms with Crippen LogP contribution in [-0.2, 0) is 6.18 Å². The van der Waals surface area contributed by atoms with Crippen molar-refractivity contribution >= 4 is 27.5 Å². The lowest BCUT2D eigenvalue weighted by Crippen LogP contribution is -2.06. The Hall–Kier alpha value is -1.00. The van der Waals surface area contributed by atoms with E-state index < -0.39 is 11.7 Å². The normalized spacial score (nSPS) is 13.3. The van der Waals surface area contributed by atoms with Crippen LogP contribution in [0.3, 0.4) is 0 Å². The number of aryl methyl sites for hydroxylation is 2. The monoisotopic (exact) mass is 376 g/mol. The van der Waals surface area contributed by atoms with Gasteiger partial charge in [-0.2, -0.15) is 13.2 Å². The zero-order valence-corrected chi connectivity index (χ0v) is 13.8. The Kier molecular flexibility index (Phi) is 4.69. The molecule has 2 rings (SSSR count). The molecule has 5 heteroatoms. The summed E-state index contributed by atoms with van der Waals surface area (Å²) in [5.74, 6) is 0. The fraction of sp³-hybridized carbons (Fsp3) is 0.250. The SMILES string of the molecule is Cc1cc(Cl)c(C(Br)c2cccc(C(F)(F)F)c2)cc1C. The number of hydrogen-bond acceptors (Lipinski definition) is 0. The summed E-state index contributed by atoms with van der Waals surface area (Å²) in [6.45, 7) is 3.89. The van der Waals surface area contributed by atoms with Crippen LogP contribution >= 0.6 is 27.5 Å². The number of benzene rings is 2. The highest BCUT2D eigenvalue weighted by Crippen LogP contribution is 2.38. The van der Waals surface area contributed by atoms with Gasteiger partial charge in [-0.3, -0.25) is 0 Å². The zero-order valence-electron chi connectivity index (χ0n) is 11.4. The summed E-state index contributed by atoms with van der Waals surface area (Å²) in [6, 6.07) is 8.99. The van der Waals surface area contributed by atoms with E-state index in [2.05, 4.69) is 15.9 Å². The van der Waals surface area contributed by atoms with Crippen LogP contribution in [0.5, 0.6) is 0 Å². The molecule has 0 radical (unpaired) electrons. The predicted molar refractivity (Wildman–Crippen MR) is 83.1 cm³/mol. The zero-order chi connectivity index (χ0) is 15.8. The smallest absolute Gasteiger partial charge is 0.166 e. The Balaban J connectivity index is 2.45. The van der Waals surface area contributed by atoms with Crippen molar-refractivity contribution in [1.82, 2.24) is 0 Å². The third kappa shape index (κ3) is 3.61. The summed E-state index contributed by atoms with van der Waals surface area (Å²) in [5, 5.41) is 0.539. The Bertz CT molecular complexity index is 665. The molecule has 1 unspecified atom stereocenters. The maximum Gasteiger partial charge on any atom is 0.416 e. The molecule has 0 aromatic heterocycles. The molecule has 2 aromatic rings. The Morgan fingerprint density at radius 1 is 1.05 bits per heavy atom. The van der Waals surface area contributed by atoms with Gasteiger partial charge in [-0.1, -0.05) is 51.8 Å². The van der Waals surface area contributed by atoms with Crippen LogP contribution in [0.2, 0.25) is 5.02 Å². The molecule has 0 nitrogen and oxygen atoms in total. The van der Waals surface area contributed by atoms with Crippen molar-refractivity contribution in [3.8, 4) is 0 Å². The van der Waals surface area contributed by atoms with Crippen LogP contribution in [0.1, 0.15) is 32.6 Å². The summed E-state index contributed by atoms with van der Waals surface area (Å²) in [7, 11) is 0. The molecule has 0 aliphatic heterocycles. The van der Waals surface area contributed by atoms with Crippen molar-refractivity contribution in [2.75, 3.05) is 0 Å². The third-order valence-corrected chi connectivity index (χ3v) is 4.74. The number of rotatable bonds is 2. The van der Waals surface area contributed by atoms with Crippen LogP contribution in [-0.4, -0.2) is 0 Å². The summed E-state index contributed by atoms with van der Waals surface area (Å²) < 4.78 is 38.4. The molecule has 0 amide bonds. The fourth-order valence-electron chi connectivity index (χ4n) is 2.05. The Labute approximate surface area is 135 Å². The third-order valence-electron chi connectivity index (χ3n) is 3.39. The molecule has 0 saturated heterocycles. The van der Waals surface area contributed by atoms with Crippen molar-refractivity contribution in [2.24, 2.45) is 0 Å². The van der Waals surface area contributed by atoms with Gasteiger partial charge < -0.3 is 0 Å². The van der Waals surface area contributed by atoms with Gasteiger partial charge in [-0.25, -0.2) is 0 Å². The van der Waals surface area contributed by atoms with Gasteiger partial charge in [-0.05, 0) is 48.2 Å². The van der Waals surface area contributed by atoms with Gasteiger partial charge >= 0.3 is 6.18 Å². The fourth-order valence-corrected chi connectivity index (χ4v) is 3.17. The molecule has 0 spiro atoms. The van der Waals surface area contributed by atoms with Crippen molar-refractivity contribution in [1.29, 1.82) is 0 Å². The van der Waals surface area contributed by atoms with Crippen LogP contribution < -0.4 is 0 Å². The van der Waals surface area contributed by atoms with Crippen molar-refractivity contribution in [2.45, 2.75) is 24.9 Å². The molecule has 1 atom stereocenters. The van der Waals surface area contributed by atoms with Gasteiger partial charge in [0.15, 0.2) is 0 Å². The molecule has 0 aliphatic carbocycles. The first kappa shape index (κ1) is 16.4. The second kappa shape index (κ2) is 6.01. The molecular formula is C16H13BrClF3. The Morgan fingerprint density at radius 2 is 1.67 bits per heavy atom. The van der Waals surface area contributed by atoms with Gasteiger partial charge in [0.1, 0.15) is 0 Å². The van der Waals surface area contributed by atoms with Crippen LogP contribution in [0.4, 0.5) is 13.2 Å². The molecule has 0 saturated carbocycles. The first-order valence-corrected chi connectivity index (χ1v) is 7.57. The van der Waals surface area contributed by atoms with E-state index in [1.54, 1.807) is 6.07 Å². The van der Waals surface area contributed by atoms with E-state index in [0.717, 1.165) is 28.8 Å². The second-order valence-corrected chi connectivity index (χ2v) is 6.27. The standard InChI is InChI=1S/C16H13BrClF3/c1-9-6-13(14(18)7-10(9)2)15(17)11-4-3-5-12(8-11)16(19,20)21/h3-8,15H,1-2H3. The molecule has 21 heavy (non-hydrogen) atoms. The highest BCUT2D eigenvalue weighted by molar-refractivity contribution is 9.09. The van der Waals surface area contributed by atoms with Crippen molar-refractivity contribution in [3.63, 3.8) is 0 Å². The van der Waals surface area contributed by atoms with E-state index in [0.29, 0.717) is 10.6 Å². The minimum absolute atomic E-state index is 0.383. The van der Waals surface area contributed by atoms with Gasteiger partial charge in [0.25, 0.3) is 0 Å². The van der Waals surface area contributed by atoms with Crippen LogP contribution in [0.15, 0.2) is 36.4 Å². The van der Waals surface area contributed by atoms with Crippen LogP contribution in [0, 0.1) is 13.8 Å². The average molecular weight is 378 g/mol. The average Bonchev–Trinajstić information content (AvgIpc) is 2.41. The lowest BCUT2D eigenvalue weighted by atomic mass is 9.99. The van der Waals surface area contributed by atoms with E-state index in [1.807, 2.05) is 26.0 Å². The van der Waals surface area contributed by atoms with Crippen LogP contribution in [0.25, 0.3) is 0 Å². The maximum absolute atomic E-state index is 12.8. The quantitative estimate of drug-likeness (QED) is 0.527. The summed E-state index contributed by atoms with van der Waals surface area (Å²) in [4.78, 5) is -0.383. The molecule has 0 heterocycles. The molecule has 0 bridgehead atoms. The first-order valence-electron chi connectivity index (χ1n) is 6.28. The van der Waals surface area contributed by atoms with Gasteiger partial charge in [0, 0.05) is 5.02 Å². The topological polar surface area (TPSA) is 0 Å². The molecule has 0 fully saturated rings. The summed E-state index contributed by atoms with van der Waals surface area (Å²) in [6.07, 6.45) is -4.35. The lowest BCUT2D eigenvalue weighted by molar-refractivity contribution is -0.137. The number of halogens is 5. The molecule has 0 aliphatic rings. The predicted octanol–water partition coefficient (Wildman–Crippen LogP) is 6.46. The molecule has 2 aromatic carbocycles. The van der Waals surface area contributed by atoms with Crippen molar-refractivity contribution in [3.05, 3.63) is 69.2 Å². The van der Waals surface area contributed by atoms with E-state index >= 15 is 0 Å². The first-order chi connectivity index (χ1) is 9.70. The number of hydrogen-bond donors (Lipinski definition) is 0. The highest BCUT2D eigenvalue weighted by atomic mass is 79.9. The molecule has 0 N–H and O–H groups in total. The van der Waals surface area contributed by atoms with E-state index in [-0.39, 0.29) is 4.83 Å². The van der Waals surface area contributed by atoms with Gasteiger partial charge in [0.05, 0.1) is 10.4 Å². The summed E-state index contributed by atoms with van der Waals surface area (Å²) in [5.41, 5.74) is 2.72. The second-order valence-electron chi connectivity index (χ2n) is 4.94. The maximum atomic E-state index is 12.8. The molecular weight excluding hydrogens is 365 g/mol. The lowest BCUT2D eigenvalue weighted by Gasteiger charge is -2.16.